The highest BCUT2D eigenvalue weighted by molar-refractivity contribution is 7.13. The van der Waals surface area contributed by atoms with Crippen molar-refractivity contribution in [2.45, 2.75) is 12.8 Å². The molecule has 3 aromatic heterocycles. The molecule has 3 aromatic rings. The van der Waals surface area contributed by atoms with Crippen LogP contribution in [-0.4, -0.2) is 15.8 Å². The molecule has 0 saturated carbocycles. The molecule has 0 spiro atoms. The number of thiazole rings is 2. The Morgan fingerprint density at radius 3 is 2.86 bits per heavy atom. The highest BCUT2D eigenvalue weighted by atomic mass is 32.1. The molecule has 0 N–H and O–H groups in total. The van der Waals surface area contributed by atoms with Gasteiger partial charge < -0.3 is 4.42 Å². The van der Waals surface area contributed by atoms with Gasteiger partial charge in [0.25, 0.3) is 0 Å². The summed E-state index contributed by atoms with van der Waals surface area (Å²) in [4.78, 5) is 20.9. The van der Waals surface area contributed by atoms with E-state index in [9.17, 15) is 10.1 Å². The zero-order valence-corrected chi connectivity index (χ0v) is 12.6. The summed E-state index contributed by atoms with van der Waals surface area (Å²) >= 11 is 2.66. The van der Waals surface area contributed by atoms with Crippen molar-refractivity contribution >= 4 is 28.5 Å². The molecule has 0 aliphatic carbocycles. The molecular formula is C14H9N3O2S2. The molecule has 0 saturated heterocycles. The van der Waals surface area contributed by atoms with E-state index in [0.717, 1.165) is 11.3 Å². The summed E-state index contributed by atoms with van der Waals surface area (Å²) in [7, 11) is 0. The third-order valence-corrected chi connectivity index (χ3v) is 4.72. The monoisotopic (exact) mass is 315 g/mol. The second-order valence-electron chi connectivity index (χ2n) is 4.30. The Balaban J connectivity index is 1.89. The summed E-state index contributed by atoms with van der Waals surface area (Å²) in [5.41, 5.74) is 1.91. The van der Waals surface area contributed by atoms with E-state index in [0.29, 0.717) is 10.0 Å². The average molecular weight is 315 g/mol. The predicted molar refractivity (Wildman–Crippen MR) is 79.4 cm³/mol. The van der Waals surface area contributed by atoms with Gasteiger partial charge in [0.2, 0.25) is 5.78 Å². The fourth-order valence-corrected chi connectivity index (χ4v) is 3.42. The molecule has 0 bridgehead atoms. The summed E-state index contributed by atoms with van der Waals surface area (Å²) in [6, 6.07) is 3.80. The van der Waals surface area contributed by atoms with E-state index in [1.165, 1.54) is 22.7 Å². The van der Waals surface area contributed by atoms with Crippen LogP contribution in [0.1, 0.15) is 27.1 Å². The topological polar surface area (TPSA) is 79.8 Å². The Morgan fingerprint density at radius 2 is 2.24 bits per heavy atom. The first kappa shape index (κ1) is 13.7. The zero-order chi connectivity index (χ0) is 14.8. The van der Waals surface area contributed by atoms with Gasteiger partial charge in [-0.2, -0.15) is 5.26 Å². The molecule has 0 fully saturated rings. The van der Waals surface area contributed by atoms with Crippen LogP contribution in [0.5, 0.6) is 0 Å². The molecule has 3 rings (SSSR count). The summed E-state index contributed by atoms with van der Waals surface area (Å²) in [6.07, 6.45) is 3.12. The molecule has 3 heterocycles. The van der Waals surface area contributed by atoms with Crippen LogP contribution in [0.2, 0.25) is 0 Å². The van der Waals surface area contributed by atoms with Crippen LogP contribution in [0, 0.1) is 18.3 Å². The van der Waals surface area contributed by atoms with Crippen LogP contribution in [0.3, 0.4) is 0 Å². The van der Waals surface area contributed by atoms with Crippen LogP contribution in [0.15, 0.2) is 33.8 Å². The van der Waals surface area contributed by atoms with Gasteiger partial charge in [0, 0.05) is 22.0 Å². The summed E-state index contributed by atoms with van der Waals surface area (Å²) in [5, 5.41) is 14.0. The molecule has 0 aliphatic heterocycles. The number of aromatic nitrogens is 2. The van der Waals surface area contributed by atoms with E-state index < -0.39 is 5.92 Å². The van der Waals surface area contributed by atoms with Crippen molar-refractivity contribution in [1.82, 2.24) is 9.97 Å². The van der Waals surface area contributed by atoms with E-state index in [1.54, 1.807) is 24.0 Å². The lowest BCUT2D eigenvalue weighted by molar-refractivity contribution is 0.0974. The first-order valence-electron chi connectivity index (χ1n) is 6.03. The quantitative estimate of drug-likeness (QED) is 0.686. The molecule has 0 unspecified atom stereocenters. The number of aryl methyl sites for hydroxylation is 1. The number of ketones is 1. The normalized spacial score (nSPS) is 12.0. The van der Waals surface area contributed by atoms with Gasteiger partial charge >= 0.3 is 0 Å². The standard InChI is InChI=1S/C14H9N3O2S2/c1-8-6-20-14(16-8)10(4-15)12(18)11-7-21-13(17-11)9-2-3-19-5-9/h2-3,5-7,10H,1H3/t10-/m1/s1. The van der Waals surface area contributed by atoms with Gasteiger partial charge in [0.1, 0.15) is 22.0 Å². The number of hydrogen-bond donors (Lipinski definition) is 0. The maximum absolute atomic E-state index is 12.4. The van der Waals surface area contributed by atoms with Gasteiger partial charge in [-0.3, -0.25) is 4.79 Å². The number of nitriles is 1. The molecule has 104 valence electrons. The fraction of sp³-hybridized carbons (Fsp3) is 0.143. The molecule has 5 nitrogen and oxygen atoms in total. The number of carbonyl (C=O) groups is 1. The summed E-state index contributed by atoms with van der Waals surface area (Å²) in [6.45, 7) is 1.83. The lowest BCUT2D eigenvalue weighted by atomic mass is 10.1. The van der Waals surface area contributed by atoms with E-state index in [-0.39, 0.29) is 11.5 Å². The highest BCUT2D eigenvalue weighted by Gasteiger charge is 2.26. The van der Waals surface area contributed by atoms with E-state index in [4.69, 9.17) is 4.42 Å². The van der Waals surface area contributed by atoms with Gasteiger partial charge in [0.15, 0.2) is 5.92 Å². The van der Waals surface area contributed by atoms with Crippen LogP contribution in [-0.2, 0) is 0 Å². The molecule has 0 radical (unpaired) electrons. The second-order valence-corrected chi connectivity index (χ2v) is 6.05. The van der Waals surface area contributed by atoms with Gasteiger partial charge in [-0.05, 0) is 13.0 Å². The third kappa shape index (κ3) is 2.63. The van der Waals surface area contributed by atoms with Crippen LogP contribution >= 0.6 is 22.7 Å². The number of rotatable bonds is 4. The molecule has 1 atom stereocenters. The van der Waals surface area contributed by atoms with Crippen molar-refractivity contribution in [3.8, 4) is 16.6 Å². The number of carbonyl (C=O) groups excluding carboxylic acids is 1. The average Bonchev–Trinajstić information content (AvgIpc) is 3.20. The fourth-order valence-electron chi connectivity index (χ4n) is 1.78. The molecular weight excluding hydrogens is 306 g/mol. The van der Waals surface area contributed by atoms with Crippen molar-refractivity contribution < 1.29 is 9.21 Å². The lowest BCUT2D eigenvalue weighted by Gasteiger charge is -2.01. The SMILES string of the molecule is Cc1csc([C@H](C#N)C(=O)c2csc(-c3ccoc3)n2)n1. The van der Waals surface area contributed by atoms with Crippen molar-refractivity contribution in [3.63, 3.8) is 0 Å². The maximum atomic E-state index is 12.4. The molecule has 21 heavy (non-hydrogen) atoms. The van der Waals surface area contributed by atoms with Crippen molar-refractivity contribution in [2.24, 2.45) is 0 Å². The first-order chi connectivity index (χ1) is 10.2. The highest BCUT2D eigenvalue weighted by Crippen LogP contribution is 2.28. The largest absolute Gasteiger partial charge is 0.472 e. The first-order valence-corrected chi connectivity index (χ1v) is 7.79. The van der Waals surface area contributed by atoms with E-state index >= 15 is 0 Å². The lowest BCUT2D eigenvalue weighted by Crippen LogP contribution is -2.11. The molecule has 0 aliphatic rings. The Labute approximate surface area is 128 Å². The van der Waals surface area contributed by atoms with Crippen LogP contribution in [0.4, 0.5) is 0 Å². The molecule has 7 heteroatoms. The smallest absolute Gasteiger partial charge is 0.206 e. The van der Waals surface area contributed by atoms with Gasteiger partial charge in [-0.25, -0.2) is 9.97 Å². The second kappa shape index (κ2) is 5.60. The Hall–Kier alpha value is -2.30. The predicted octanol–water partition coefficient (Wildman–Crippen LogP) is 3.66. The van der Waals surface area contributed by atoms with Crippen molar-refractivity contribution in [1.29, 1.82) is 5.26 Å². The third-order valence-electron chi connectivity index (χ3n) is 2.80. The minimum Gasteiger partial charge on any atom is -0.472 e. The van der Waals surface area contributed by atoms with Gasteiger partial charge in [-0.15, -0.1) is 22.7 Å². The van der Waals surface area contributed by atoms with Crippen LogP contribution in [0.25, 0.3) is 10.6 Å². The minimum atomic E-state index is -0.900. The summed E-state index contributed by atoms with van der Waals surface area (Å²) in [5.74, 6) is -1.22. The molecule has 0 amide bonds. The Bertz CT molecular complexity index is 812. The number of hydrogen-bond acceptors (Lipinski definition) is 7. The maximum Gasteiger partial charge on any atom is 0.206 e. The van der Waals surface area contributed by atoms with Crippen molar-refractivity contribution in [2.75, 3.05) is 0 Å². The number of Topliss-reactive ketones (excluding diaryl/α,β-unsaturated/α-hetero) is 1. The van der Waals surface area contributed by atoms with Gasteiger partial charge in [-0.1, -0.05) is 0 Å². The zero-order valence-electron chi connectivity index (χ0n) is 10.9. The Morgan fingerprint density at radius 1 is 1.38 bits per heavy atom. The van der Waals surface area contributed by atoms with Crippen molar-refractivity contribution in [3.05, 3.63) is 45.7 Å². The van der Waals surface area contributed by atoms with E-state index in [1.807, 2.05) is 18.4 Å². The van der Waals surface area contributed by atoms with Crippen LogP contribution < -0.4 is 0 Å². The molecule has 0 aromatic carbocycles. The Kier molecular flexibility index (Phi) is 3.64. The summed E-state index contributed by atoms with van der Waals surface area (Å²) < 4.78 is 5.00. The van der Waals surface area contributed by atoms with Gasteiger partial charge in [0.05, 0.1) is 12.3 Å². The van der Waals surface area contributed by atoms with E-state index in [2.05, 4.69) is 9.97 Å². The number of furan rings is 1. The number of nitrogens with zero attached hydrogens (tertiary/aromatic N) is 3. The minimum absolute atomic E-state index is 0.288.